The van der Waals surface area contributed by atoms with Gasteiger partial charge in [-0.05, 0) is 30.7 Å². The van der Waals surface area contributed by atoms with Gasteiger partial charge in [-0.25, -0.2) is 4.39 Å². The molecular formula is C14H14FN3O. The van der Waals surface area contributed by atoms with E-state index in [4.69, 9.17) is 5.73 Å². The number of carbonyl (C=O) groups excluding carboxylic acids is 1. The zero-order valence-corrected chi connectivity index (χ0v) is 10.5. The van der Waals surface area contributed by atoms with Crippen molar-refractivity contribution in [3.63, 3.8) is 0 Å². The number of hydrogen-bond donors (Lipinski definition) is 2. The van der Waals surface area contributed by atoms with E-state index in [1.54, 1.807) is 31.2 Å². The quantitative estimate of drug-likeness (QED) is 0.888. The molecule has 0 bridgehead atoms. The second kappa shape index (κ2) is 5.58. The topological polar surface area (TPSA) is 68.0 Å². The van der Waals surface area contributed by atoms with Crippen LogP contribution in [0, 0.1) is 12.7 Å². The van der Waals surface area contributed by atoms with Crippen LogP contribution in [0.15, 0.2) is 36.5 Å². The van der Waals surface area contributed by atoms with E-state index in [1.807, 2.05) is 0 Å². The minimum Gasteiger partial charge on any atom is -0.325 e. The van der Waals surface area contributed by atoms with Gasteiger partial charge < -0.3 is 11.1 Å². The zero-order valence-electron chi connectivity index (χ0n) is 10.5. The van der Waals surface area contributed by atoms with E-state index < -0.39 is 5.82 Å². The van der Waals surface area contributed by atoms with Crippen LogP contribution in [0.4, 0.5) is 10.1 Å². The molecule has 0 aliphatic rings. The van der Waals surface area contributed by atoms with Crippen LogP contribution in [0.5, 0.6) is 0 Å². The van der Waals surface area contributed by atoms with Gasteiger partial charge in [0.05, 0.1) is 11.4 Å². The third-order valence-electron chi connectivity index (χ3n) is 2.75. The second-order valence-electron chi connectivity index (χ2n) is 4.13. The first-order chi connectivity index (χ1) is 9.11. The van der Waals surface area contributed by atoms with Crippen molar-refractivity contribution in [2.45, 2.75) is 13.5 Å². The SMILES string of the molecule is Cc1cccc(F)c1NC(=O)c1ccnc(CN)c1. The van der Waals surface area contributed by atoms with E-state index in [0.29, 0.717) is 16.8 Å². The van der Waals surface area contributed by atoms with Gasteiger partial charge in [-0.2, -0.15) is 0 Å². The van der Waals surface area contributed by atoms with Crippen molar-refractivity contribution in [1.82, 2.24) is 4.98 Å². The van der Waals surface area contributed by atoms with Crippen molar-refractivity contribution in [3.8, 4) is 0 Å². The zero-order chi connectivity index (χ0) is 13.8. The summed E-state index contributed by atoms with van der Waals surface area (Å²) in [6.07, 6.45) is 1.51. The van der Waals surface area contributed by atoms with E-state index in [2.05, 4.69) is 10.3 Å². The number of rotatable bonds is 3. The first kappa shape index (κ1) is 13.2. The summed E-state index contributed by atoms with van der Waals surface area (Å²) in [4.78, 5) is 16.0. The largest absolute Gasteiger partial charge is 0.325 e. The van der Waals surface area contributed by atoms with Gasteiger partial charge in [-0.1, -0.05) is 12.1 Å². The minimum absolute atomic E-state index is 0.193. The number of nitrogens with two attached hydrogens (primary N) is 1. The minimum atomic E-state index is -0.457. The normalized spacial score (nSPS) is 10.3. The summed E-state index contributed by atoms with van der Waals surface area (Å²) in [6.45, 7) is 1.98. The predicted octanol–water partition coefficient (Wildman–Crippen LogP) is 2.24. The molecule has 19 heavy (non-hydrogen) atoms. The highest BCUT2D eigenvalue weighted by atomic mass is 19.1. The summed E-state index contributed by atoms with van der Waals surface area (Å²) >= 11 is 0. The fourth-order valence-corrected chi connectivity index (χ4v) is 1.71. The number of nitrogens with one attached hydrogen (secondary N) is 1. The number of aromatic nitrogens is 1. The van der Waals surface area contributed by atoms with Crippen LogP contribution in [0.25, 0.3) is 0 Å². The predicted molar refractivity (Wildman–Crippen MR) is 71.2 cm³/mol. The Morgan fingerprint density at radius 1 is 1.42 bits per heavy atom. The highest BCUT2D eigenvalue weighted by Gasteiger charge is 2.11. The summed E-state index contributed by atoms with van der Waals surface area (Å²) in [5.41, 5.74) is 7.34. The van der Waals surface area contributed by atoms with Crippen molar-refractivity contribution < 1.29 is 9.18 Å². The number of hydrogen-bond acceptors (Lipinski definition) is 3. The molecule has 2 rings (SSSR count). The highest BCUT2D eigenvalue weighted by molar-refractivity contribution is 6.04. The van der Waals surface area contributed by atoms with Gasteiger partial charge in [0.15, 0.2) is 0 Å². The molecule has 5 heteroatoms. The Bertz CT molecular complexity index is 593. The van der Waals surface area contributed by atoms with Crippen LogP contribution in [-0.4, -0.2) is 10.9 Å². The number of nitrogens with zero attached hydrogens (tertiary/aromatic N) is 1. The van der Waals surface area contributed by atoms with Gasteiger partial charge in [-0.3, -0.25) is 9.78 Å². The Hall–Kier alpha value is -2.27. The van der Waals surface area contributed by atoms with Crippen LogP contribution in [0.1, 0.15) is 21.6 Å². The molecule has 2 aromatic rings. The molecule has 0 aliphatic heterocycles. The average molecular weight is 259 g/mol. The van der Waals surface area contributed by atoms with E-state index >= 15 is 0 Å². The fraction of sp³-hybridized carbons (Fsp3) is 0.143. The molecule has 1 aromatic heterocycles. The molecule has 0 saturated heterocycles. The van der Waals surface area contributed by atoms with Crippen LogP contribution in [0.3, 0.4) is 0 Å². The van der Waals surface area contributed by atoms with Gasteiger partial charge in [0, 0.05) is 18.3 Å². The van der Waals surface area contributed by atoms with E-state index in [1.165, 1.54) is 12.3 Å². The Morgan fingerprint density at radius 2 is 2.21 bits per heavy atom. The smallest absolute Gasteiger partial charge is 0.255 e. The summed E-state index contributed by atoms with van der Waals surface area (Å²) in [5.74, 6) is -0.841. The molecule has 1 amide bonds. The lowest BCUT2D eigenvalue weighted by atomic mass is 10.1. The summed E-state index contributed by atoms with van der Waals surface area (Å²) in [6, 6.07) is 7.78. The number of para-hydroxylation sites is 1. The Morgan fingerprint density at radius 3 is 2.89 bits per heavy atom. The summed E-state index contributed by atoms with van der Waals surface area (Å²) < 4.78 is 13.6. The third-order valence-corrected chi connectivity index (χ3v) is 2.75. The molecular weight excluding hydrogens is 245 g/mol. The number of benzene rings is 1. The van der Waals surface area contributed by atoms with Crippen molar-refractivity contribution in [2.24, 2.45) is 5.73 Å². The Kier molecular flexibility index (Phi) is 3.87. The van der Waals surface area contributed by atoms with Gasteiger partial charge in [-0.15, -0.1) is 0 Å². The molecule has 0 fully saturated rings. The number of halogens is 1. The van der Waals surface area contributed by atoms with Crippen molar-refractivity contribution in [2.75, 3.05) is 5.32 Å². The van der Waals surface area contributed by atoms with Crippen LogP contribution >= 0.6 is 0 Å². The molecule has 0 aliphatic carbocycles. The molecule has 0 radical (unpaired) electrons. The van der Waals surface area contributed by atoms with Crippen LogP contribution in [0.2, 0.25) is 0 Å². The maximum absolute atomic E-state index is 13.6. The molecule has 4 nitrogen and oxygen atoms in total. The molecule has 1 heterocycles. The monoisotopic (exact) mass is 259 g/mol. The first-order valence-corrected chi connectivity index (χ1v) is 5.83. The van der Waals surface area contributed by atoms with Crippen molar-refractivity contribution >= 4 is 11.6 Å². The fourth-order valence-electron chi connectivity index (χ4n) is 1.71. The lowest BCUT2D eigenvalue weighted by Crippen LogP contribution is -2.15. The average Bonchev–Trinajstić information content (AvgIpc) is 2.43. The lowest BCUT2D eigenvalue weighted by molar-refractivity contribution is 0.102. The molecule has 3 N–H and O–H groups in total. The van der Waals surface area contributed by atoms with Crippen LogP contribution < -0.4 is 11.1 Å². The summed E-state index contributed by atoms with van der Waals surface area (Å²) in [5, 5.41) is 2.56. The summed E-state index contributed by atoms with van der Waals surface area (Å²) in [7, 11) is 0. The number of aryl methyl sites for hydroxylation is 1. The second-order valence-corrected chi connectivity index (χ2v) is 4.13. The molecule has 1 aromatic carbocycles. The third kappa shape index (κ3) is 2.95. The number of pyridine rings is 1. The molecule has 0 unspecified atom stereocenters. The molecule has 98 valence electrons. The Labute approximate surface area is 110 Å². The van der Waals surface area contributed by atoms with Gasteiger partial charge >= 0.3 is 0 Å². The maximum Gasteiger partial charge on any atom is 0.255 e. The molecule has 0 spiro atoms. The van der Waals surface area contributed by atoms with Gasteiger partial charge in [0.1, 0.15) is 5.82 Å². The highest BCUT2D eigenvalue weighted by Crippen LogP contribution is 2.19. The van der Waals surface area contributed by atoms with Gasteiger partial charge in [0.2, 0.25) is 0 Å². The van der Waals surface area contributed by atoms with Gasteiger partial charge in [0.25, 0.3) is 5.91 Å². The van der Waals surface area contributed by atoms with E-state index in [0.717, 1.165) is 0 Å². The number of amides is 1. The van der Waals surface area contributed by atoms with Crippen LogP contribution in [-0.2, 0) is 6.54 Å². The molecule has 0 saturated carbocycles. The first-order valence-electron chi connectivity index (χ1n) is 5.83. The Balaban J connectivity index is 2.25. The van der Waals surface area contributed by atoms with Crippen molar-refractivity contribution in [3.05, 3.63) is 59.2 Å². The van der Waals surface area contributed by atoms with E-state index in [9.17, 15) is 9.18 Å². The standard InChI is InChI=1S/C14H14FN3O/c1-9-3-2-4-12(15)13(9)18-14(19)10-5-6-17-11(7-10)8-16/h2-7H,8,16H2,1H3,(H,18,19). The molecule has 0 atom stereocenters. The number of carbonyl (C=O) groups is 1. The van der Waals surface area contributed by atoms with Crippen molar-refractivity contribution in [1.29, 1.82) is 0 Å². The maximum atomic E-state index is 13.6. The number of anilines is 1. The lowest BCUT2D eigenvalue weighted by Gasteiger charge is -2.09. The van der Waals surface area contributed by atoms with E-state index in [-0.39, 0.29) is 18.1 Å².